The zero-order valence-electron chi connectivity index (χ0n) is 22.3. The number of nitrogens with zero attached hydrogens (tertiary/aromatic N) is 4. The first-order valence-electron chi connectivity index (χ1n) is 13.5. The minimum Gasteiger partial charge on any atom is -0.383 e. The van der Waals surface area contributed by atoms with E-state index in [-0.39, 0.29) is 22.6 Å². The molecule has 12 nitrogen and oxygen atoms in total. The smallest absolute Gasteiger partial charge is 0.260 e. The number of aryl methyl sites for hydroxylation is 1. The van der Waals surface area contributed by atoms with Crippen molar-refractivity contribution in [2.75, 3.05) is 24.1 Å². The van der Waals surface area contributed by atoms with Crippen LogP contribution < -0.4 is 15.8 Å². The molecule has 2 aliphatic rings. The number of piperidine rings is 1. The first-order valence-corrected chi connectivity index (χ1v) is 14.9. The number of hydrogen-bond acceptors (Lipinski definition) is 9. The highest BCUT2D eigenvalue weighted by molar-refractivity contribution is 7.89. The highest BCUT2D eigenvalue weighted by Crippen LogP contribution is 2.35. The maximum absolute atomic E-state index is 14.1. The second-order valence-electron chi connectivity index (χ2n) is 10.8. The van der Waals surface area contributed by atoms with Gasteiger partial charge in [0.05, 0.1) is 12.0 Å². The van der Waals surface area contributed by atoms with Gasteiger partial charge >= 0.3 is 0 Å². The van der Waals surface area contributed by atoms with E-state index in [0.717, 1.165) is 24.1 Å². The SMILES string of the molecule is CC1CNc2c(cccc2S(=O)(=O)N[C@H](CCCc2cnc[nH]2)C(=O)N2CC[C@H](C)C[C@@H]2c2nc(N)no2)C1. The maximum Gasteiger partial charge on any atom is 0.260 e. The monoisotopic (exact) mass is 556 g/mol. The second kappa shape index (κ2) is 11.3. The summed E-state index contributed by atoms with van der Waals surface area (Å²) < 4.78 is 35.7. The van der Waals surface area contributed by atoms with Gasteiger partial charge in [-0.2, -0.15) is 9.71 Å². The van der Waals surface area contributed by atoms with E-state index in [0.29, 0.717) is 56.3 Å². The van der Waals surface area contributed by atoms with Crippen LogP contribution in [-0.4, -0.2) is 58.5 Å². The summed E-state index contributed by atoms with van der Waals surface area (Å²) >= 11 is 0. The number of amides is 1. The quantitative estimate of drug-likeness (QED) is 0.309. The van der Waals surface area contributed by atoms with Crippen LogP contribution in [0.1, 0.15) is 62.7 Å². The number of benzene rings is 1. The number of anilines is 2. The standard InChI is InChI=1S/C26H36N8O4S/c1-16-9-10-34(21(12-16)24-31-26(27)32-38-24)25(35)20(7-4-6-19-14-28-15-30-19)33-39(36,37)22-8-3-5-18-11-17(2)13-29-23(18)22/h3,5,8,14-17,20-21,29,33H,4,6-7,9-13H2,1-2H3,(H2,27,32)(H,28,30)/t16-,17?,20+,21+/m0/s1. The fourth-order valence-corrected chi connectivity index (χ4v) is 6.97. The number of imidazole rings is 1. The molecule has 2 aliphatic heterocycles. The third-order valence-corrected chi connectivity index (χ3v) is 9.09. The molecule has 5 N–H and O–H groups in total. The molecule has 1 saturated heterocycles. The Balaban J connectivity index is 1.42. The van der Waals surface area contributed by atoms with E-state index in [4.69, 9.17) is 10.3 Å². The number of nitrogens with two attached hydrogens (primary N) is 1. The van der Waals surface area contributed by atoms with Crippen molar-refractivity contribution >= 4 is 27.6 Å². The number of nitrogen functional groups attached to an aromatic ring is 1. The first-order chi connectivity index (χ1) is 18.7. The highest BCUT2D eigenvalue weighted by Gasteiger charge is 2.39. The number of fused-ring (bicyclic) bond motifs is 1. The number of rotatable bonds is 9. The normalized spacial score (nSPS) is 22.2. The molecule has 3 aromatic rings. The minimum atomic E-state index is -4.03. The van der Waals surface area contributed by atoms with E-state index in [2.05, 4.69) is 44.0 Å². The number of nitrogens with one attached hydrogen (secondary N) is 3. The van der Waals surface area contributed by atoms with Crippen molar-refractivity contribution in [1.29, 1.82) is 0 Å². The molecular weight excluding hydrogens is 520 g/mol. The summed E-state index contributed by atoms with van der Waals surface area (Å²) in [4.78, 5) is 27.2. The van der Waals surface area contributed by atoms with Gasteiger partial charge in [0, 0.05) is 25.0 Å². The third kappa shape index (κ3) is 6.09. The van der Waals surface area contributed by atoms with Gasteiger partial charge in [0.15, 0.2) is 0 Å². The summed E-state index contributed by atoms with van der Waals surface area (Å²) in [6.45, 7) is 5.36. The van der Waals surface area contributed by atoms with Gasteiger partial charge in [-0.05, 0) is 67.1 Å². The number of aromatic amines is 1. The lowest BCUT2D eigenvalue weighted by Crippen LogP contribution is -2.51. The highest BCUT2D eigenvalue weighted by atomic mass is 32.2. The van der Waals surface area contributed by atoms with Crippen LogP contribution in [-0.2, 0) is 27.7 Å². The molecule has 39 heavy (non-hydrogen) atoms. The summed E-state index contributed by atoms with van der Waals surface area (Å²) in [5.41, 5.74) is 8.19. The van der Waals surface area contributed by atoms with E-state index in [1.54, 1.807) is 29.6 Å². The van der Waals surface area contributed by atoms with Gasteiger partial charge in [0.2, 0.25) is 15.9 Å². The number of aromatic nitrogens is 4. The third-order valence-electron chi connectivity index (χ3n) is 7.58. The van der Waals surface area contributed by atoms with Gasteiger partial charge in [0.1, 0.15) is 17.0 Å². The molecule has 0 saturated carbocycles. The summed E-state index contributed by atoms with van der Waals surface area (Å²) in [6, 6.07) is 3.83. The van der Waals surface area contributed by atoms with Crippen molar-refractivity contribution in [3.63, 3.8) is 0 Å². The molecule has 1 fully saturated rings. The molecule has 0 radical (unpaired) electrons. The lowest BCUT2D eigenvalue weighted by Gasteiger charge is -2.38. The van der Waals surface area contributed by atoms with E-state index in [9.17, 15) is 13.2 Å². The Morgan fingerprint density at radius 1 is 1.31 bits per heavy atom. The Hall–Kier alpha value is -3.45. The molecule has 13 heteroatoms. The lowest BCUT2D eigenvalue weighted by atomic mass is 9.91. The molecule has 0 aliphatic carbocycles. The summed E-state index contributed by atoms with van der Waals surface area (Å²) in [5.74, 6) is 0.678. The molecule has 1 amide bonds. The minimum absolute atomic E-state index is 0.00288. The van der Waals surface area contributed by atoms with Gasteiger partial charge in [-0.15, -0.1) is 0 Å². The van der Waals surface area contributed by atoms with Crippen molar-refractivity contribution in [2.45, 2.75) is 69.4 Å². The predicted octanol–water partition coefficient (Wildman–Crippen LogP) is 2.65. The van der Waals surface area contributed by atoms with Gasteiger partial charge in [-0.1, -0.05) is 26.0 Å². The number of likely N-dealkylation sites (tertiary alicyclic amines) is 1. The van der Waals surface area contributed by atoms with Crippen LogP contribution in [0, 0.1) is 11.8 Å². The van der Waals surface area contributed by atoms with Gasteiger partial charge in [0.25, 0.3) is 11.8 Å². The molecule has 1 aromatic carbocycles. The molecule has 2 aromatic heterocycles. The molecule has 210 valence electrons. The first kappa shape index (κ1) is 27.1. The number of H-pyrrole nitrogens is 1. The zero-order chi connectivity index (χ0) is 27.6. The number of para-hydroxylation sites is 1. The Bertz CT molecular complexity index is 1390. The van der Waals surface area contributed by atoms with E-state index < -0.39 is 22.1 Å². The van der Waals surface area contributed by atoms with Crippen LogP contribution >= 0.6 is 0 Å². The fraction of sp³-hybridized carbons (Fsp3) is 0.538. The molecule has 4 atom stereocenters. The average molecular weight is 557 g/mol. The maximum atomic E-state index is 14.1. The number of hydrogen-bond donors (Lipinski definition) is 4. The summed E-state index contributed by atoms with van der Waals surface area (Å²) in [7, 11) is -4.03. The molecule has 0 spiro atoms. The molecule has 0 bridgehead atoms. The van der Waals surface area contributed by atoms with Crippen molar-refractivity contribution in [3.8, 4) is 0 Å². The Kier molecular flexibility index (Phi) is 7.89. The zero-order valence-corrected chi connectivity index (χ0v) is 23.1. The van der Waals surface area contributed by atoms with Gasteiger partial charge in [-0.25, -0.2) is 13.4 Å². The van der Waals surface area contributed by atoms with Crippen LogP contribution in [0.25, 0.3) is 0 Å². The molecule has 4 heterocycles. The largest absolute Gasteiger partial charge is 0.383 e. The molecule has 5 rings (SSSR count). The van der Waals surface area contributed by atoms with Crippen molar-refractivity contribution in [2.24, 2.45) is 11.8 Å². The van der Waals surface area contributed by atoms with Crippen LogP contribution in [0.2, 0.25) is 0 Å². The van der Waals surface area contributed by atoms with E-state index in [1.165, 1.54) is 0 Å². The number of carbonyl (C=O) groups is 1. The summed E-state index contributed by atoms with van der Waals surface area (Å²) in [6.07, 6.45) is 7.04. The van der Waals surface area contributed by atoms with Gasteiger partial charge in [-0.3, -0.25) is 4.79 Å². The van der Waals surface area contributed by atoms with Crippen molar-refractivity contribution < 1.29 is 17.7 Å². The van der Waals surface area contributed by atoms with Crippen LogP contribution in [0.5, 0.6) is 0 Å². The average Bonchev–Trinajstić information content (AvgIpc) is 3.59. The van der Waals surface area contributed by atoms with Gasteiger partial charge < -0.3 is 25.5 Å². The Morgan fingerprint density at radius 3 is 2.90 bits per heavy atom. The Labute approximate surface area is 228 Å². The Morgan fingerprint density at radius 2 is 2.15 bits per heavy atom. The molecule has 1 unspecified atom stereocenters. The van der Waals surface area contributed by atoms with Crippen LogP contribution in [0.3, 0.4) is 0 Å². The molecular formula is C26H36N8O4S. The van der Waals surface area contributed by atoms with E-state index >= 15 is 0 Å². The number of carbonyl (C=O) groups excluding carboxylic acids is 1. The van der Waals surface area contributed by atoms with Crippen LogP contribution in [0.4, 0.5) is 11.6 Å². The van der Waals surface area contributed by atoms with Crippen LogP contribution in [0.15, 0.2) is 40.1 Å². The van der Waals surface area contributed by atoms with E-state index in [1.807, 2.05) is 6.07 Å². The van der Waals surface area contributed by atoms with Crippen molar-refractivity contribution in [3.05, 3.63) is 47.9 Å². The fourth-order valence-electron chi connectivity index (χ4n) is 5.52. The summed E-state index contributed by atoms with van der Waals surface area (Å²) in [5, 5.41) is 6.99. The predicted molar refractivity (Wildman–Crippen MR) is 145 cm³/mol. The topological polar surface area (TPSA) is 172 Å². The number of sulfonamides is 1. The van der Waals surface area contributed by atoms with Crippen molar-refractivity contribution in [1.82, 2.24) is 29.7 Å². The lowest BCUT2D eigenvalue weighted by molar-refractivity contribution is -0.138. The second-order valence-corrected chi connectivity index (χ2v) is 12.5.